The van der Waals surface area contributed by atoms with Crippen LogP contribution in [0.25, 0.3) is 0 Å². The molecule has 0 saturated heterocycles. The van der Waals surface area contributed by atoms with Crippen molar-refractivity contribution in [2.75, 3.05) is 34.3 Å². The van der Waals surface area contributed by atoms with Gasteiger partial charge in [-0.2, -0.15) is 0 Å². The summed E-state index contributed by atoms with van der Waals surface area (Å²) in [7, 11) is 5.80. The molecular weight excluding hydrogens is 368 g/mol. The summed E-state index contributed by atoms with van der Waals surface area (Å²) in [5.74, 6) is 1.53. The highest BCUT2D eigenvalue weighted by Crippen LogP contribution is 2.35. The van der Waals surface area contributed by atoms with E-state index in [1.54, 1.807) is 7.11 Å². The van der Waals surface area contributed by atoms with Gasteiger partial charge in [0, 0.05) is 29.7 Å². The molecule has 0 saturated carbocycles. The molecule has 1 N–H and O–H groups in total. The zero-order chi connectivity index (χ0) is 17.4. The van der Waals surface area contributed by atoms with E-state index in [4.69, 9.17) is 9.47 Å². The van der Waals surface area contributed by atoms with Crippen LogP contribution in [0.1, 0.15) is 11.1 Å². The number of ether oxygens (including phenoxy) is 2. The quantitative estimate of drug-likeness (QED) is 0.659. The Kier molecular flexibility index (Phi) is 7.56. The standard InChI is InChI=1S/C19H25BrN2O2/c1-22(2)10-9-21-13-16-11-17(20)12-18(23-3)19(16)24-14-15-7-5-4-6-8-15/h4-8,11-12,21H,9-10,13-14H2,1-3H3. The number of halogens is 1. The Hall–Kier alpha value is -1.56. The summed E-state index contributed by atoms with van der Waals surface area (Å²) in [6.45, 7) is 3.16. The van der Waals surface area contributed by atoms with Gasteiger partial charge < -0.3 is 19.7 Å². The zero-order valence-electron chi connectivity index (χ0n) is 14.5. The first-order valence-electron chi connectivity index (χ1n) is 7.98. The monoisotopic (exact) mass is 392 g/mol. The number of rotatable bonds is 9. The number of methoxy groups -OCH3 is 1. The second-order valence-corrected chi connectivity index (χ2v) is 6.77. The molecule has 0 spiro atoms. The van der Waals surface area contributed by atoms with Gasteiger partial charge >= 0.3 is 0 Å². The lowest BCUT2D eigenvalue weighted by molar-refractivity contribution is 0.280. The lowest BCUT2D eigenvalue weighted by Crippen LogP contribution is -2.26. The molecule has 0 amide bonds. The molecule has 0 fully saturated rings. The second kappa shape index (κ2) is 9.67. The number of nitrogens with zero attached hydrogens (tertiary/aromatic N) is 1. The lowest BCUT2D eigenvalue weighted by Gasteiger charge is -2.17. The molecule has 24 heavy (non-hydrogen) atoms. The maximum atomic E-state index is 6.08. The minimum atomic E-state index is 0.517. The fraction of sp³-hybridized carbons (Fsp3) is 0.368. The van der Waals surface area contributed by atoms with Gasteiger partial charge in [-0.1, -0.05) is 46.3 Å². The van der Waals surface area contributed by atoms with E-state index in [2.05, 4.69) is 58.4 Å². The van der Waals surface area contributed by atoms with Crippen molar-refractivity contribution in [1.29, 1.82) is 0 Å². The first kappa shape index (κ1) is 18.8. The van der Waals surface area contributed by atoms with Gasteiger partial charge in [-0.15, -0.1) is 0 Å². The second-order valence-electron chi connectivity index (χ2n) is 5.85. The molecule has 0 aliphatic heterocycles. The third-order valence-corrected chi connectivity index (χ3v) is 4.05. The number of nitrogens with one attached hydrogen (secondary N) is 1. The molecule has 0 unspecified atom stereocenters. The molecule has 5 heteroatoms. The SMILES string of the molecule is COc1cc(Br)cc(CNCCN(C)C)c1OCc1ccccc1. The van der Waals surface area contributed by atoms with Crippen LogP contribution < -0.4 is 14.8 Å². The van der Waals surface area contributed by atoms with E-state index >= 15 is 0 Å². The van der Waals surface area contributed by atoms with Gasteiger partial charge in [0.1, 0.15) is 6.61 Å². The van der Waals surface area contributed by atoms with E-state index in [1.165, 1.54) is 0 Å². The van der Waals surface area contributed by atoms with Crippen molar-refractivity contribution in [3.8, 4) is 11.5 Å². The molecule has 0 radical (unpaired) electrons. The third-order valence-electron chi connectivity index (χ3n) is 3.59. The third kappa shape index (κ3) is 5.82. The molecule has 0 atom stereocenters. The highest BCUT2D eigenvalue weighted by molar-refractivity contribution is 9.10. The Labute approximate surface area is 152 Å². The van der Waals surface area contributed by atoms with Gasteiger partial charge in [-0.25, -0.2) is 0 Å². The van der Waals surface area contributed by atoms with Crippen LogP contribution in [0.15, 0.2) is 46.9 Å². The average molecular weight is 393 g/mol. The zero-order valence-corrected chi connectivity index (χ0v) is 16.1. The Morgan fingerprint density at radius 3 is 2.54 bits per heavy atom. The fourth-order valence-corrected chi connectivity index (χ4v) is 2.81. The minimum Gasteiger partial charge on any atom is -0.493 e. The van der Waals surface area contributed by atoms with Crippen LogP contribution in [0.5, 0.6) is 11.5 Å². The Morgan fingerprint density at radius 2 is 1.88 bits per heavy atom. The van der Waals surface area contributed by atoms with Gasteiger partial charge in [0.2, 0.25) is 0 Å². The minimum absolute atomic E-state index is 0.517. The molecule has 0 heterocycles. The molecule has 2 aromatic carbocycles. The molecule has 0 aliphatic carbocycles. The van der Waals surface area contributed by atoms with E-state index in [-0.39, 0.29) is 0 Å². The van der Waals surface area contributed by atoms with Crippen LogP contribution in [0.2, 0.25) is 0 Å². The summed E-state index contributed by atoms with van der Waals surface area (Å²) in [6.07, 6.45) is 0. The van der Waals surface area contributed by atoms with E-state index in [9.17, 15) is 0 Å². The summed E-state index contributed by atoms with van der Waals surface area (Å²) in [5, 5.41) is 3.45. The summed E-state index contributed by atoms with van der Waals surface area (Å²) in [6, 6.07) is 14.2. The number of hydrogen-bond acceptors (Lipinski definition) is 4. The van der Waals surface area contributed by atoms with E-state index in [1.807, 2.05) is 24.3 Å². The fourth-order valence-electron chi connectivity index (χ4n) is 2.32. The van der Waals surface area contributed by atoms with Crippen molar-refractivity contribution in [3.05, 3.63) is 58.1 Å². The Balaban J connectivity index is 2.10. The maximum absolute atomic E-state index is 6.08. The first-order chi connectivity index (χ1) is 11.6. The van der Waals surface area contributed by atoms with E-state index in [0.29, 0.717) is 6.61 Å². The Morgan fingerprint density at radius 1 is 1.12 bits per heavy atom. The molecule has 2 rings (SSSR count). The van der Waals surface area contributed by atoms with Gasteiger partial charge in [0.05, 0.1) is 7.11 Å². The van der Waals surface area contributed by atoms with Crippen molar-refractivity contribution in [1.82, 2.24) is 10.2 Å². The number of benzene rings is 2. The summed E-state index contributed by atoms with van der Waals surface area (Å²) in [4.78, 5) is 2.15. The molecule has 0 aromatic heterocycles. The lowest BCUT2D eigenvalue weighted by atomic mass is 10.1. The molecule has 2 aromatic rings. The van der Waals surface area contributed by atoms with Crippen molar-refractivity contribution >= 4 is 15.9 Å². The predicted molar refractivity (Wildman–Crippen MR) is 102 cm³/mol. The van der Waals surface area contributed by atoms with Crippen LogP contribution in [0, 0.1) is 0 Å². The molecule has 0 aliphatic rings. The number of likely N-dealkylation sites (N-methyl/N-ethyl adjacent to an activating group) is 1. The average Bonchev–Trinajstić information content (AvgIpc) is 2.58. The molecule has 0 bridgehead atoms. The van der Waals surface area contributed by atoms with Crippen molar-refractivity contribution in [2.24, 2.45) is 0 Å². The summed E-state index contributed by atoms with van der Waals surface area (Å²) >= 11 is 3.54. The van der Waals surface area contributed by atoms with Crippen LogP contribution in [0.4, 0.5) is 0 Å². The van der Waals surface area contributed by atoms with E-state index < -0.39 is 0 Å². The van der Waals surface area contributed by atoms with Crippen molar-refractivity contribution in [2.45, 2.75) is 13.2 Å². The first-order valence-corrected chi connectivity index (χ1v) is 8.78. The van der Waals surface area contributed by atoms with Crippen LogP contribution >= 0.6 is 15.9 Å². The molecule has 4 nitrogen and oxygen atoms in total. The largest absolute Gasteiger partial charge is 0.493 e. The van der Waals surface area contributed by atoms with Crippen molar-refractivity contribution < 1.29 is 9.47 Å². The van der Waals surface area contributed by atoms with Crippen LogP contribution in [-0.2, 0) is 13.2 Å². The Bertz CT molecular complexity index is 633. The highest BCUT2D eigenvalue weighted by atomic mass is 79.9. The van der Waals surface area contributed by atoms with Gasteiger partial charge in [-0.3, -0.25) is 0 Å². The topological polar surface area (TPSA) is 33.7 Å². The van der Waals surface area contributed by atoms with Crippen molar-refractivity contribution in [3.63, 3.8) is 0 Å². The van der Waals surface area contributed by atoms with Gasteiger partial charge in [-0.05, 0) is 31.8 Å². The normalized spacial score (nSPS) is 10.9. The maximum Gasteiger partial charge on any atom is 0.166 e. The smallest absolute Gasteiger partial charge is 0.166 e. The molecular formula is C19H25BrN2O2. The van der Waals surface area contributed by atoms with Gasteiger partial charge in [0.15, 0.2) is 11.5 Å². The summed E-state index contributed by atoms with van der Waals surface area (Å²) in [5.41, 5.74) is 2.21. The highest BCUT2D eigenvalue weighted by Gasteiger charge is 2.13. The van der Waals surface area contributed by atoms with E-state index in [0.717, 1.165) is 46.7 Å². The predicted octanol–water partition coefficient (Wildman–Crippen LogP) is 3.69. The van der Waals surface area contributed by atoms with Crippen LogP contribution in [-0.4, -0.2) is 39.2 Å². The van der Waals surface area contributed by atoms with Crippen LogP contribution in [0.3, 0.4) is 0 Å². The molecule has 130 valence electrons. The van der Waals surface area contributed by atoms with Gasteiger partial charge in [0.25, 0.3) is 0 Å². The number of hydrogen-bond donors (Lipinski definition) is 1. The summed E-state index contributed by atoms with van der Waals surface area (Å²) < 4.78 is 12.6.